The molecule has 1 aliphatic heterocycles. The Bertz CT molecular complexity index is 194. The molecule has 108 valence electrons. The van der Waals surface area contributed by atoms with Crippen LogP contribution >= 0.6 is 0 Å². The number of nitrogens with two attached hydrogens (primary N) is 1. The van der Waals surface area contributed by atoms with Crippen molar-refractivity contribution in [1.82, 2.24) is 4.90 Å². The minimum Gasteiger partial charge on any atom is -0.329 e. The lowest BCUT2D eigenvalue weighted by molar-refractivity contribution is 0.127. The van der Waals surface area contributed by atoms with Crippen molar-refractivity contribution in [3.63, 3.8) is 0 Å². The summed E-state index contributed by atoms with van der Waals surface area (Å²) in [5.74, 6) is 0. The topological polar surface area (TPSA) is 29.3 Å². The molecule has 0 aromatic heterocycles. The molecule has 1 rings (SSSR count). The molecule has 2 atom stereocenters. The highest BCUT2D eigenvalue weighted by Crippen LogP contribution is 2.23. The predicted octanol–water partition coefficient (Wildman–Crippen LogP) is 3.94. The Morgan fingerprint density at radius 3 is 2.61 bits per heavy atom. The summed E-state index contributed by atoms with van der Waals surface area (Å²) in [7, 11) is 0. The number of rotatable bonds is 8. The van der Waals surface area contributed by atoms with Crippen molar-refractivity contribution in [1.29, 1.82) is 0 Å². The molecule has 0 aromatic carbocycles. The van der Waals surface area contributed by atoms with E-state index in [0.717, 1.165) is 12.6 Å². The van der Waals surface area contributed by atoms with Gasteiger partial charge in [0.15, 0.2) is 0 Å². The van der Waals surface area contributed by atoms with Gasteiger partial charge in [-0.3, -0.25) is 4.90 Å². The van der Waals surface area contributed by atoms with Gasteiger partial charge >= 0.3 is 0 Å². The van der Waals surface area contributed by atoms with Crippen LogP contribution in [-0.4, -0.2) is 30.1 Å². The molecule has 2 unspecified atom stereocenters. The first kappa shape index (κ1) is 16.0. The molecule has 0 aromatic rings. The second-order valence-corrected chi connectivity index (χ2v) is 5.89. The second kappa shape index (κ2) is 9.80. The molecule has 2 heteroatoms. The van der Waals surface area contributed by atoms with Crippen LogP contribution in [0, 0.1) is 0 Å². The summed E-state index contributed by atoms with van der Waals surface area (Å²) in [6, 6.07) is 1.44. The Balaban J connectivity index is 2.43. The van der Waals surface area contributed by atoms with Crippen LogP contribution in [0.25, 0.3) is 0 Å². The summed E-state index contributed by atoms with van der Waals surface area (Å²) >= 11 is 0. The molecule has 1 saturated heterocycles. The standard InChI is InChI=1S/C16H34N2/c1-3-5-6-8-12-16(14-17)18-13-10-7-9-11-15(18)4-2/h15-16H,3-14,17H2,1-2H3. The van der Waals surface area contributed by atoms with Crippen molar-refractivity contribution in [2.24, 2.45) is 5.73 Å². The van der Waals surface area contributed by atoms with E-state index in [1.807, 2.05) is 0 Å². The summed E-state index contributed by atoms with van der Waals surface area (Å²) in [5, 5.41) is 0. The fourth-order valence-electron chi connectivity index (χ4n) is 3.34. The Labute approximate surface area is 114 Å². The van der Waals surface area contributed by atoms with Crippen LogP contribution < -0.4 is 5.73 Å². The average molecular weight is 254 g/mol. The summed E-state index contributed by atoms with van der Waals surface area (Å²) in [4.78, 5) is 2.75. The first-order chi connectivity index (χ1) is 8.83. The van der Waals surface area contributed by atoms with Gasteiger partial charge in [0.1, 0.15) is 0 Å². The van der Waals surface area contributed by atoms with E-state index in [1.54, 1.807) is 0 Å². The van der Waals surface area contributed by atoms with Gasteiger partial charge in [0, 0.05) is 18.6 Å². The largest absolute Gasteiger partial charge is 0.329 e. The van der Waals surface area contributed by atoms with Gasteiger partial charge in [-0.25, -0.2) is 0 Å². The predicted molar refractivity (Wildman–Crippen MR) is 80.9 cm³/mol. The second-order valence-electron chi connectivity index (χ2n) is 5.89. The van der Waals surface area contributed by atoms with Crippen molar-refractivity contribution in [3.8, 4) is 0 Å². The van der Waals surface area contributed by atoms with E-state index in [9.17, 15) is 0 Å². The maximum atomic E-state index is 6.04. The quantitative estimate of drug-likeness (QED) is 0.665. The molecular formula is C16H34N2. The van der Waals surface area contributed by atoms with E-state index in [-0.39, 0.29) is 0 Å². The van der Waals surface area contributed by atoms with E-state index in [2.05, 4.69) is 18.7 Å². The van der Waals surface area contributed by atoms with Gasteiger partial charge in [-0.2, -0.15) is 0 Å². The average Bonchev–Trinajstić information content (AvgIpc) is 2.64. The molecule has 0 amide bonds. The van der Waals surface area contributed by atoms with E-state index < -0.39 is 0 Å². The lowest BCUT2D eigenvalue weighted by Crippen LogP contribution is -2.46. The Morgan fingerprint density at radius 2 is 1.94 bits per heavy atom. The van der Waals surface area contributed by atoms with Crippen molar-refractivity contribution in [2.45, 2.75) is 90.1 Å². The molecule has 0 bridgehead atoms. The zero-order chi connectivity index (χ0) is 13.2. The van der Waals surface area contributed by atoms with Crippen molar-refractivity contribution in [2.75, 3.05) is 13.1 Å². The van der Waals surface area contributed by atoms with Gasteiger partial charge in [-0.1, -0.05) is 52.4 Å². The zero-order valence-corrected chi connectivity index (χ0v) is 12.7. The fraction of sp³-hybridized carbons (Fsp3) is 1.00. The van der Waals surface area contributed by atoms with Gasteiger partial charge in [-0.05, 0) is 32.2 Å². The first-order valence-corrected chi connectivity index (χ1v) is 8.29. The lowest BCUT2D eigenvalue weighted by atomic mass is 10.0. The smallest absolute Gasteiger partial charge is 0.0221 e. The summed E-state index contributed by atoms with van der Waals surface area (Å²) < 4.78 is 0. The molecule has 0 spiro atoms. The number of likely N-dealkylation sites (tertiary alicyclic amines) is 1. The van der Waals surface area contributed by atoms with Gasteiger partial charge in [-0.15, -0.1) is 0 Å². The summed E-state index contributed by atoms with van der Waals surface area (Å²) in [6.45, 7) is 6.76. The first-order valence-electron chi connectivity index (χ1n) is 8.29. The molecular weight excluding hydrogens is 220 g/mol. The highest BCUT2D eigenvalue weighted by Gasteiger charge is 2.25. The SMILES string of the molecule is CCCCCCC(CN)N1CCCCCC1CC. The monoisotopic (exact) mass is 254 g/mol. The third-order valence-electron chi connectivity index (χ3n) is 4.53. The maximum absolute atomic E-state index is 6.04. The molecule has 0 radical (unpaired) electrons. The molecule has 1 aliphatic rings. The molecule has 1 fully saturated rings. The molecule has 18 heavy (non-hydrogen) atoms. The van der Waals surface area contributed by atoms with Crippen LogP contribution in [-0.2, 0) is 0 Å². The highest BCUT2D eigenvalue weighted by molar-refractivity contribution is 4.81. The van der Waals surface area contributed by atoms with Crippen LogP contribution in [0.15, 0.2) is 0 Å². The molecule has 2 N–H and O–H groups in total. The van der Waals surface area contributed by atoms with Crippen LogP contribution in [0.4, 0.5) is 0 Å². The highest BCUT2D eigenvalue weighted by atomic mass is 15.2. The third kappa shape index (κ3) is 5.27. The number of hydrogen-bond donors (Lipinski definition) is 1. The van der Waals surface area contributed by atoms with Crippen LogP contribution in [0.2, 0.25) is 0 Å². The Hall–Kier alpha value is -0.0800. The Kier molecular flexibility index (Phi) is 8.70. The zero-order valence-electron chi connectivity index (χ0n) is 12.7. The number of unbranched alkanes of at least 4 members (excludes halogenated alkanes) is 3. The van der Waals surface area contributed by atoms with Crippen molar-refractivity contribution < 1.29 is 0 Å². The van der Waals surface area contributed by atoms with Crippen molar-refractivity contribution >= 4 is 0 Å². The van der Waals surface area contributed by atoms with Crippen LogP contribution in [0.5, 0.6) is 0 Å². The molecule has 0 saturated carbocycles. The maximum Gasteiger partial charge on any atom is 0.0221 e. The molecule has 2 nitrogen and oxygen atoms in total. The van der Waals surface area contributed by atoms with Gasteiger partial charge < -0.3 is 5.73 Å². The van der Waals surface area contributed by atoms with Gasteiger partial charge in [0.2, 0.25) is 0 Å². The fourth-order valence-corrected chi connectivity index (χ4v) is 3.34. The van der Waals surface area contributed by atoms with Gasteiger partial charge in [0.25, 0.3) is 0 Å². The Morgan fingerprint density at radius 1 is 1.11 bits per heavy atom. The van der Waals surface area contributed by atoms with E-state index in [1.165, 1.54) is 70.8 Å². The normalized spacial score (nSPS) is 23.8. The van der Waals surface area contributed by atoms with Gasteiger partial charge in [0.05, 0.1) is 0 Å². The summed E-state index contributed by atoms with van der Waals surface area (Å²) in [6.07, 6.45) is 13.7. The summed E-state index contributed by atoms with van der Waals surface area (Å²) in [5.41, 5.74) is 6.04. The minimum absolute atomic E-state index is 0.643. The van der Waals surface area contributed by atoms with Crippen LogP contribution in [0.1, 0.15) is 78.1 Å². The van der Waals surface area contributed by atoms with Crippen LogP contribution in [0.3, 0.4) is 0 Å². The van der Waals surface area contributed by atoms with E-state index >= 15 is 0 Å². The third-order valence-corrected chi connectivity index (χ3v) is 4.53. The number of nitrogens with zero attached hydrogens (tertiary/aromatic N) is 1. The lowest BCUT2D eigenvalue weighted by Gasteiger charge is -2.36. The molecule has 0 aliphatic carbocycles. The minimum atomic E-state index is 0.643. The molecule has 1 heterocycles. The number of hydrogen-bond acceptors (Lipinski definition) is 2. The van der Waals surface area contributed by atoms with E-state index in [0.29, 0.717) is 6.04 Å². The van der Waals surface area contributed by atoms with E-state index in [4.69, 9.17) is 5.73 Å². The van der Waals surface area contributed by atoms with Crippen molar-refractivity contribution in [3.05, 3.63) is 0 Å².